The van der Waals surface area contributed by atoms with Gasteiger partial charge in [-0.15, -0.1) is 35.3 Å². The van der Waals surface area contributed by atoms with Crippen LogP contribution in [0.1, 0.15) is 29.4 Å². The second-order valence-corrected chi connectivity index (χ2v) is 6.66. The molecule has 0 saturated carbocycles. The van der Waals surface area contributed by atoms with E-state index in [4.69, 9.17) is 9.47 Å². The van der Waals surface area contributed by atoms with Crippen LogP contribution in [0.5, 0.6) is 11.5 Å². The Morgan fingerprint density at radius 2 is 2.00 bits per heavy atom. The molecule has 1 aromatic heterocycles. The van der Waals surface area contributed by atoms with E-state index in [1.54, 1.807) is 18.4 Å². The van der Waals surface area contributed by atoms with Crippen LogP contribution in [-0.4, -0.2) is 31.2 Å². The number of aryl methyl sites for hydroxylation is 2. The number of hydrogen-bond acceptors (Lipinski definition) is 5. The van der Waals surface area contributed by atoms with E-state index in [1.165, 1.54) is 4.88 Å². The van der Waals surface area contributed by atoms with Crippen molar-refractivity contribution in [3.8, 4) is 11.5 Å². The Morgan fingerprint density at radius 3 is 2.58 bits per heavy atom. The van der Waals surface area contributed by atoms with Crippen molar-refractivity contribution in [3.63, 3.8) is 0 Å². The molecule has 2 rings (SSSR count). The van der Waals surface area contributed by atoms with Gasteiger partial charge in [-0.2, -0.15) is 0 Å². The molecule has 0 fully saturated rings. The quantitative estimate of drug-likeness (QED) is 0.343. The summed E-state index contributed by atoms with van der Waals surface area (Å²) in [7, 11) is 1.63. The number of aromatic nitrogens is 1. The zero-order chi connectivity index (χ0) is 18.2. The molecule has 0 amide bonds. The molecule has 0 saturated heterocycles. The molecule has 0 aliphatic rings. The number of thiazole rings is 1. The monoisotopic (exact) mass is 490 g/mol. The Kier molecular flexibility index (Phi) is 9.71. The van der Waals surface area contributed by atoms with E-state index in [1.807, 2.05) is 39.0 Å². The number of aliphatic imine (C=N–C) groups is 1. The third-order valence-electron chi connectivity index (χ3n) is 3.52. The molecule has 1 aromatic carbocycles. The van der Waals surface area contributed by atoms with Gasteiger partial charge in [-0.05, 0) is 39.8 Å². The van der Waals surface area contributed by atoms with E-state index in [9.17, 15) is 0 Å². The van der Waals surface area contributed by atoms with Gasteiger partial charge in [-0.1, -0.05) is 0 Å². The lowest BCUT2D eigenvalue weighted by molar-refractivity contribution is 0.311. The molecule has 0 aliphatic carbocycles. The summed E-state index contributed by atoms with van der Waals surface area (Å²) in [6.07, 6.45) is 0. The molecule has 0 radical (unpaired) electrons. The Balaban J connectivity index is 0.00000338. The lowest BCUT2D eigenvalue weighted by Gasteiger charge is -2.14. The van der Waals surface area contributed by atoms with Gasteiger partial charge < -0.3 is 20.1 Å². The molecule has 8 heteroatoms. The van der Waals surface area contributed by atoms with Crippen LogP contribution >= 0.6 is 35.3 Å². The molecule has 0 aliphatic heterocycles. The summed E-state index contributed by atoms with van der Waals surface area (Å²) in [4.78, 5) is 10.4. The minimum absolute atomic E-state index is 0. The van der Waals surface area contributed by atoms with E-state index < -0.39 is 0 Å². The van der Waals surface area contributed by atoms with Crippen molar-refractivity contribution >= 4 is 47.0 Å². The van der Waals surface area contributed by atoms with Crippen molar-refractivity contribution in [2.24, 2.45) is 4.99 Å². The maximum atomic E-state index is 5.62. The zero-order valence-corrected chi connectivity index (χ0v) is 19.0. The van der Waals surface area contributed by atoms with Gasteiger partial charge in [-0.3, -0.25) is 0 Å². The summed E-state index contributed by atoms with van der Waals surface area (Å²) < 4.78 is 10.9. The fourth-order valence-electron chi connectivity index (χ4n) is 2.22. The van der Waals surface area contributed by atoms with Crippen molar-refractivity contribution in [1.29, 1.82) is 0 Å². The van der Waals surface area contributed by atoms with Crippen LogP contribution < -0.4 is 20.1 Å². The number of nitrogens with zero attached hydrogens (tertiary/aromatic N) is 2. The normalized spacial score (nSPS) is 10.9. The first-order chi connectivity index (χ1) is 12.1. The third-order valence-corrected chi connectivity index (χ3v) is 4.57. The summed E-state index contributed by atoms with van der Waals surface area (Å²) in [5.74, 6) is 2.13. The molecular weight excluding hydrogens is 463 g/mol. The zero-order valence-electron chi connectivity index (χ0n) is 15.9. The predicted octanol–water partition coefficient (Wildman–Crippen LogP) is 4.36. The largest absolute Gasteiger partial charge is 0.493 e. The molecule has 0 bridgehead atoms. The highest BCUT2D eigenvalue weighted by molar-refractivity contribution is 14.0. The summed E-state index contributed by atoms with van der Waals surface area (Å²) in [6.45, 7) is 9.99. The highest BCUT2D eigenvalue weighted by atomic mass is 127. The molecule has 0 atom stereocenters. The SMILES string of the molecule is CCNC(=NCc1nc(C)c(C)s1)Nc1ccc(OC)c(OCC)c1.I. The standard InChI is InChI=1S/C18H26N4O2S.HI/c1-6-19-18(20-11-17-21-12(3)13(4)25-17)22-14-8-9-15(23-5)16(10-14)24-7-2;/h8-10H,6-7,11H2,1-5H3,(H2,19,20,22);1H. The Hall–Kier alpha value is -1.55. The molecule has 2 N–H and O–H groups in total. The molecule has 6 nitrogen and oxygen atoms in total. The lowest BCUT2D eigenvalue weighted by atomic mass is 10.2. The van der Waals surface area contributed by atoms with Crippen LogP contribution in [0.25, 0.3) is 0 Å². The highest BCUT2D eigenvalue weighted by Gasteiger charge is 2.08. The van der Waals surface area contributed by atoms with Crippen molar-refractivity contribution in [2.45, 2.75) is 34.2 Å². The third kappa shape index (κ3) is 6.31. The first-order valence-corrected chi connectivity index (χ1v) is 9.18. The summed E-state index contributed by atoms with van der Waals surface area (Å²) in [6, 6.07) is 5.73. The van der Waals surface area contributed by atoms with Gasteiger partial charge in [0.1, 0.15) is 5.01 Å². The van der Waals surface area contributed by atoms with Gasteiger partial charge >= 0.3 is 0 Å². The van der Waals surface area contributed by atoms with Crippen molar-refractivity contribution in [2.75, 3.05) is 25.6 Å². The molecule has 0 spiro atoms. The van der Waals surface area contributed by atoms with Crippen molar-refractivity contribution in [1.82, 2.24) is 10.3 Å². The average molecular weight is 490 g/mol. The van der Waals surface area contributed by atoms with Crippen molar-refractivity contribution in [3.05, 3.63) is 33.8 Å². The molecule has 2 aromatic rings. The van der Waals surface area contributed by atoms with Gasteiger partial charge in [0, 0.05) is 23.2 Å². The number of rotatable bonds is 7. The number of anilines is 1. The van der Waals surface area contributed by atoms with E-state index in [0.29, 0.717) is 30.6 Å². The molecule has 1 heterocycles. The predicted molar refractivity (Wildman–Crippen MR) is 120 cm³/mol. The first kappa shape index (κ1) is 22.5. The molecule has 0 unspecified atom stereocenters. The summed E-state index contributed by atoms with van der Waals surface area (Å²) >= 11 is 1.68. The topological polar surface area (TPSA) is 67.8 Å². The van der Waals surface area contributed by atoms with Gasteiger partial charge in [0.15, 0.2) is 17.5 Å². The van der Waals surface area contributed by atoms with Crippen LogP contribution in [-0.2, 0) is 6.54 Å². The average Bonchev–Trinajstić information content (AvgIpc) is 2.92. The maximum absolute atomic E-state index is 5.62. The van der Waals surface area contributed by atoms with Crippen LogP contribution in [0.3, 0.4) is 0 Å². The Morgan fingerprint density at radius 1 is 1.23 bits per heavy atom. The van der Waals surface area contributed by atoms with E-state index in [0.717, 1.165) is 22.9 Å². The van der Waals surface area contributed by atoms with Crippen LogP contribution in [0, 0.1) is 13.8 Å². The maximum Gasteiger partial charge on any atom is 0.196 e. The fourth-order valence-corrected chi connectivity index (χ4v) is 3.08. The number of hydrogen-bond donors (Lipinski definition) is 2. The van der Waals surface area contributed by atoms with Gasteiger partial charge in [-0.25, -0.2) is 9.98 Å². The smallest absolute Gasteiger partial charge is 0.196 e. The molecule has 144 valence electrons. The second kappa shape index (κ2) is 11.2. The Labute approximate surface area is 176 Å². The van der Waals surface area contributed by atoms with Crippen LogP contribution in [0.15, 0.2) is 23.2 Å². The minimum atomic E-state index is 0. The lowest BCUT2D eigenvalue weighted by Crippen LogP contribution is -2.30. The number of methoxy groups -OCH3 is 1. The fraction of sp³-hybridized carbons (Fsp3) is 0.444. The van der Waals surface area contributed by atoms with Gasteiger partial charge in [0.25, 0.3) is 0 Å². The first-order valence-electron chi connectivity index (χ1n) is 8.36. The Bertz CT molecular complexity index is 714. The minimum Gasteiger partial charge on any atom is -0.493 e. The summed E-state index contributed by atoms with van der Waals surface area (Å²) in [5.41, 5.74) is 1.96. The van der Waals surface area contributed by atoms with Crippen LogP contribution in [0.4, 0.5) is 5.69 Å². The van der Waals surface area contributed by atoms with E-state index >= 15 is 0 Å². The number of ether oxygens (including phenoxy) is 2. The second-order valence-electron chi connectivity index (χ2n) is 5.37. The summed E-state index contributed by atoms with van der Waals surface area (Å²) in [5, 5.41) is 7.56. The van der Waals surface area contributed by atoms with E-state index in [2.05, 4.69) is 27.5 Å². The van der Waals surface area contributed by atoms with Crippen LogP contribution in [0.2, 0.25) is 0 Å². The molecular formula is C18H27IN4O2S. The molecule has 26 heavy (non-hydrogen) atoms. The van der Waals surface area contributed by atoms with Gasteiger partial charge in [0.2, 0.25) is 0 Å². The van der Waals surface area contributed by atoms with Gasteiger partial charge in [0.05, 0.1) is 26.0 Å². The van der Waals surface area contributed by atoms with E-state index in [-0.39, 0.29) is 24.0 Å². The number of nitrogens with one attached hydrogen (secondary N) is 2. The number of halogens is 1. The number of guanidine groups is 1. The number of benzene rings is 1. The highest BCUT2D eigenvalue weighted by Crippen LogP contribution is 2.30. The van der Waals surface area contributed by atoms with Crippen molar-refractivity contribution < 1.29 is 9.47 Å².